The predicted molar refractivity (Wildman–Crippen MR) is 102 cm³/mol. The molecular weight excluding hydrogens is 344 g/mol. The van der Waals surface area contributed by atoms with Crippen LogP contribution in [-0.2, 0) is 21.7 Å². The van der Waals surface area contributed by atoms with Crippen LogP contribution < -0.4 is 5.73 Å². The minimum absolute atomic E-state index is 0.153. The fraction of sp³-hybridized carbons (Fsp3) is 0.789. The zero-order chi connectivity index (χ0) is 19.4. The molecule has 8 nitrogen and oxygen atoms in total. The van der Waals surface area contributed by atoms with Crippen LogP contribution >= 0.6 is 0 Å². The van der Waals surface area contributed by atoms with Crippen LogP contribution in [0, 0.1) is 5.92 Å². The maximum atomic E-state index is 12.6. The molecule has 2 aliphatic heterocycles. The van der Waals surface area contributed by atoms with Crippen molar-refractivity contribution >= 4 is 11.8 Å². The molecule has 2 amide bonds. The van der Waals surface area contributed by atoms with E-state index in [9.17, 15) is 9.59 Å². The standard InChI is InChI=1S/C19H32N6O2/c1-19(2,20)16-14-25(22-21-16)13-15-6-5-10-24(12-15)18(27)8-11-23-9-4-3-7-17(23)26/h14-15H,3-13,20H2,1-2H3. The van der Waals surface area contributed by atoms with Crippen LogP contribution in [0.2, 0.25) is 0 Å². The van der Waals surface area contributed by atoms with Gasteiger partial charge >= 0.3 is 0 Å². The second-order valence-electron chi connectivity index (χ2n) is 8.48. The van der Waals surface area contributed by atoms with Crippen molar-refractivity contribution in [2.75, 3.05) is 26.2 Å². The van der Waals surface area contributed by atoms with E-state index in [1.807, 2.05) is 34.5 Å². The lowest BCUT2D eigenvalue weighted by atomic mass is 9.97. The summed E-state index contributed by atoms with van der Waals surface area (Å²) in [6, 6.07) is 0. The van der Waals surface area contributed by atoms with Crippen LogP contribution in [-0.4, -0.2) is 62.8 Å². The van der Waals surface area contributed by atoms with Crippen molar-refractivity contribution in [3.8, 4) is 0 Å². The minimum atomic E-state index is -0.501. The van der Waals surface area contributed by atoms with E-state index >= 15 is 0 Å². The largest absolute Gasteiger partial charge is 0.342 e. The van der Waals surface area contributed by atoms with E-state index in [0.29, 0.717) is 25.3 Å². The number of nitrogens with two attached hydrogens (primary N) is 1. The second-order valence-corrected chi connectivity index (χ2v) is 8.48. The Morgan fingerprint density at radius 2 is 2.11 bits per heavy atom. The Hall–Kier alpha value is -1.96. The Balaban J connectivity index is 1.49. The Morgan fingerprint density at radius 3 is 2.81 bits per heavy atom. The van der Waals surface area contributed by atoms with E-state index in [-0.39, 0.29) is 11.8 Å². The highest BCUT2D eigenvalue weighted by Crippen LogP contribution is 2.20. The van der Waals surface area contributed by atoms with Crippen LogP contribution in [0.3, 0.4) is 0 Å². The Labute approximate surface area is 161 Å². The van der Waals surface area contributed by atoms with Gasteiger partial charge in [-0.25, -0.2) is 0 Å². The van der Waals surface area contributed by atoms with Gasteiger partial charge in [-0.05, 0) is 45.4 Å². The van der Waals surface area contributed by atoms with E-state index in [0.717, 1.165) is 57.6 Å². The zero-order valence-corrected chi connectivity index (χ0v) is 16.6. The van der Waals surface area contributed by atoms with Gasteiger partial charge < -0.3 is 15.5 Å². The summed E-state index contributed by atoms with van der Waals surface area (Å²) in [4.78, 5) is 28.3. The molecule has 0 spiro atoms. The van der Waals surface area contributed by atoms with Gasteiger partial charge in [0.25, 0.3) is 0 Å². The Bertz CT molecular complexity index is 665. The summed E-state index contributed by atoms with van der Waals surface area (Å²) in [6.45, 7) is 7.47. The maximum Gasteiger partial charge on any atom is 0.224 e. The molecule has 2 fully saturated rings. The van der Waals surface area contributed by atoms with E-state index in [1.54, 1.807) is 0 Å². The minimum Gasteiger partial charge on any atom is -0.342 e. The first-order valence-electron chi connectivity index (χ1n) is 10.1. The predicted octanol–water partition coefficient (Wildman–Crippen LogP) is 1.11. The van der Waals surface area contributed by atoms with Gasteiger partial charge in [-0.2, -0.15) is 0 Å². The molecule has 1 atom stereocenters. The highest BCUT2D eigenvalue weighted by molar-refractivity contribution is 5.79. The molecule has 2 aliphatic rings. The summed E-state index contributed by atoms with van der Waals surface area (Å²) in [7, 11) is 0. The lowest BCUT2D eigenvalue weighted by Gasteiger charge is -2.33. The van der Waals surface area contributed by atoms with Gasteiger partial charge in [0.05, 0.1) is 11.7 Å². The van der Waals surface area contributed by atoms with Gasteiger partial charge in [-0.3, -0.25) is 14.3 Å². The van der Waals surface area contributed by atoms with Crippen molar-refractivity contribution in [2.24, 2.45) is 11.7 Å². The summed E-state index contributed by atoms with van der Waals surface area (Å²) >= 11 is 0. The molecule has 0 aliphatic carbocycles. The third kappa shape index (κ3) is 5.28. The normalized spacial score (nSPS) is 21.6. The molecule has 27 heavy (non-hydrogen) atoms. The highest BCUT2D eigenvalue weighted by atomic mass is 16.2. The molecule has 0 bridgehead atoms. The van der Waals surface area contributed by atoms with E-state index in [4.69, 9.17) is 5.73 Å². The average Bonchev–Trinajstić information content (AvgIpc) is 3.10. The molecule has 1 unspecified atom stereocenters. The number of amides is 2. The fourth-order valence-electron chi connectivity index (χ4n) is 3.87. The molecule has 1 aromatic heterocycles. The van der Waals surface area contributed by atoms with E-state index < -0.39 is 5.54 Å². The van der Waals surface area contributed by atoms with Crippen LogP contribution in [0.1, 0.15) is 58.1 Å². The molecule has 8 heteroatoms. The topological polar surface area (TPSA) is 97.3 Å². The molecule has 0 radical (unpaired) electrons. The number of piperidine rings is 2. The summed E-state index contributed by atoms with van der Waals surface area (Å²) in [5.41, 5.74) is 6.35. The number of likely N-dealkylation sites (tertiary alicyclic amines) is 2. The molecule has 2 N–H and O–H groups in total. The first kappa shape index (κ1) is 19.8. The van der Waals surface area contributed by atoms with Crippen molar-refractivity contribution in [3.05, 3.63) is 11.9 Å². The van der Waals surface area contributed by atoms with Crippen molar-refractivity contribution in [1.82, 2.24) is 24.8 Å². The molecule has 150 valence electrons. The molecule has 2 saturated heterocycles. The van der Waals surface area contributed by atoms with E-state index in [1.165, 1.54) is 0 Å². The molecular formula is C19H32N6O2. The van der Waals surface area contributed by atoms with Crippen molar-refractivity contribution in [1.29, 1.82) is 0 Å². The first-order valence-corrected chi connectivity index (χ1v) is 10.1. The third-order valence-corrected chi connectivity index (χ3v) is 5.53. The van der Waals surface area contributed by atoms with Crippen LogP contribution in [0.15, 0.2) is 6.20 Å². The SMILES string of the molecule is CC(C)(N)c1cn(CC2CCCN(C(=O)CCN3CCCCC3=O)C2)nn1. The monoisotopic (exact) mass is 376 g/mol. The van der Waals surface area contributed by atoms with Gasteiger partial charge in [0, 0.05) is 45.6 Å². The highest BCUT2D eigenvalue weighted by Gasteiger charge is 2.26. The number of carbonyl (C=O) groups is 2. The number of carbonyl (C=O) groups excluding carboxylic acids is 2. The summed E-state index contributed by atoms with van der Waals surface area (Å²) in [5, 5.41) is 8.36. The second kappa shape index (κ2) is 8.37. The lowest BCUT2D eigenvalue weighted by Crippen LogP contribution is -2.43. The smallest absolute Gasteiger partial charge is 0.224 e. The van der Waals surface area contributed by atoms with Crippen LogP contribution in [0.4, 0.5) is 0 Å². The van der Waals surface area contributed by atoms with Gasteiger partial charge in [0.2, 0.25) is 11.8 Å². The van der Waals surface area contributed by atoms with E-state index in [2.05, 4.69) is 10.3 Å². The van der Waals surface area contributed by atoms with Crippen molar-refractivity contribution < 1.29 is 9.59 Å². The van der Waals surface area contributed by atoms with Gasteiger partial charge in [-0.15, -0.1) is 5.10 Å². The van der Waals surface area contributed by atoms with Crippen molar-refractivity contribution in [3.63, 3.8) is 0 Å². The summed E-state index contributed by atoms with van der Waals surface area (Å²) in [6.07, 6.45) is 7.06. The number of aromatic nitrogens is 3. The van der Waals surface area contributed by atoms with Crippen LogP contribution in [0.5, 0.6) is 0 Å². The van der Waals surface area contributed by atoms with Gasteiger partial charge in [0.15, 0.2) is 0 Å². The fourth-order valence-corrected chi connectivity index (χ4v) is 3.87. The first-order chi connectivity index (χ1) is 12.8. The number of rotatable bonds is 6. The molecule has 3 rings (SSSR count). The third-order valence-electron chi connectivity index (χ3n) is 5.53. The average molecular weight is 377 g/mol. The molecule has 0 aromatic carbocycles. The van der Waals surface area contributed by atoms with Gasteiger partial charge in [0.1, 0.15) is 5.69 Å². The summed E-state index contributed by atoms with van der Waals surface area (Å²) < 4.78 is 1.84. The molecule has 1 aromatic rings. The maximum absolute atomic E-state index is 12.6. The number of nitrogens with zero attached hydrogens (tertiary/aromatic N) is 5. The lowest BCUT2D eigenvalue weighted by molar-refractivity contribution is -0.136. The number of hydrogen-bond acceptors (Lipinski definition) is 5. The molecule has 3 heterocycles. The zero-order valence-electron chi connectivity index (χ0n) is 16.6. The number of hydrogen-bond donors (Lipinski definition) is 1. The quantitative estimate of drug-likeness (QED) is 0.802. The van der Waals surface area contributed by atoms with Crippen molar-refractivity contribution in [2.45, 2.75) is 64.5 Å². The Kier molecular flexibility index (Phi) is 6.14. The van der Waals surface area contributed by atoms with Gasteiger partial charge in [-0.1, -0.05) is 5.21 Å². The van der Waals surface area contributed by atoms with Crippen LogP contribution in [0.25, 0.3) is 0 Å². The molecule has 0 saturated carbocycles. The Morgan fingerprint density at radius 1 is 1.30 bits per heavy atom. The summed E-state index contributed by atoms with van der Waals surface area (Å²) in [5.74, 6) is 0.714.